The van der Waals surface area contributed by atoms with E-state index in [2.05, 4.69) is 10.1 Å². The lowest BCUT2D eigenvalue weighted by Crippen LogP contribution is -3.04. The quantitative estimate of drug-likeness (QED) is 0.529. The van der Waals surface area contributed by atoms with E-state index in [9.17, 15) is 0 Å². The van der Waals surface area contributed by atoms with Gasteiger partial charge in [-0.05, 0) is 0 Å². The maximum absolute atomic E-state index is 4.08. The molecule has 1 aliphatic rings. The van der Waals surface area contributed by atoms with Gasteiger partial charge < -0.3 is 0 Å². The van der Waals surface area contributed by atoms with Crippen LogP contribution in [0, 0.1) is 0 Å². The molecule has 1 aromatic heterocycles. The monoisotopic (exact) mass is 135 g/mol. The van der Waals surface area contributed by atoms with Crippen molar-refractivity contribution in [2.75, 3.05) is 0 Å². The van der Waals surface area contributed by atoms with Crippen LogP contribution in [0.15, 0.2) is 36.1 Å². The standard InChI is InChI=1S/C6H6N4/c1-2-8-10(4-1)9-5-3-7-6-9/h1-6H/p+1. The lowest BCUT2D eigenvalue weighted by molar-refractivity contribution is -0.898. The van der Waals surface area contributed by atoms with Gasteiger partial charge in [0.15, 0.2) is 0 Å². The summed E-state index contributed by atoms with van der Waals surface area (Å²) in [6.45, 7) is 0. The fourth-order valence-corrected chi connectivity index (χ4v) is 0.839. The van der Waals surface area contributed by atoms with Gasteiger partial charge in [0.1, 0.15) is 12.5 Å². The van der Waals surface area contributed by atoms with E-state index >= 15 is 0 Å². The Morgan fingerprint density at radius 3 is 3.00 bits per heavy atom. The van der Waals surface area contributed by atoms with E-state index in [1.807, 2.05) is 23.1 Å². The number of hydrogen-bond acceptors (Lipinski definition) is 2. The highest BCUT2D eigenvalue weighted by Gasteiger charge is 2.05. The van der Waals surface area contributed by atoms with Crippen molar-refractivity contribution in [1.82, 2.24) is 9.66 Å². The van der Waals surface area contributed by atoms with Gasteiger partial charge in [0.05, 0.1) is 18.6 Å². The van der Waals surface area contributed by atoms with Crippen molar-refractivity contribution in [3.05, 3.63) is 31.0 Å². The zero-order valence-corrected chi connectivity index (χ0v) is 5.31. The summed E-state index contributed by atoms with van der Waals surface area (Å²) in [7, 11) is 0. The van der Waals surface area contributed by atoms with Crippen LogP contribution >= 0.6 is 0 Å². The van der Waals surface area contributed by atoms with Gasteiger partial charge in [0.25, 0.3) is 0 Å². The minimum Gasteiger partial charge on any atom is -0.240 e. The Labute approximate surface area is 58.1 Å². The molecule has 0 aromatic carbocycles. The summed E-state index contributed by atoms with van der Waals surface area (Å²) in [5.41, 5.74) is 0. The Morgan fingerprint density at radius 1 is 1.40 bits per heavy atom. The summed E-state index contributed by atoms with van der Waals surface area (Å²) in [4.78, 5) is 3.90. The molecular formula is C6H7N4+. The minimum absolute atomic E-state index is 0.914. The van der Waals surface area contributed by atoms with Crippen LogP contribution in [0.25, 0.3) is 0 Å². The fourth-order valence-electron chi connectivity index (χ4n) is 0.839. The summed E-state index contributed by atoms with van der Waals surface area (Å²) >= 11 is 0. The zero-order chi connectivity index (χ0) is 6.81. The Hall–Kier alpha value is -1.42. The highest BCUT2D eigenvalue weighted by atomic mass is 15.7. The number of allylic oxidation sites excluding steroid dienone is 1. The molecule has 1 atom stereocenters. The normalized spacial score (nSPS) is 22.2. The van der Waals surface area contributed by atoms with Crippen molar-refractivity contribution in [3.8, 4) is 0 Å². The molecule has 0 saturated heterocycles. The number of rotatable bonds is 1. The van der Waals surface area contributed by atoms with E-state index in [1.165, 1.54) is 0 Å². The number of aromatic nitrogens is 2. The smallest absolute Gasteiger partial charge is 0.148 e. The minimum atomic E-state index is 0.914. The number of quaternary nitrogens is 1. The number of nitrogens with one attached hydrogen (secondary N) is 1. The van der Waals surface area contributed by atoms with E-state index in [4.69, 9.17) is 0 Å². The van der Waals surface area contributed by atoms with Crippen molar-refractivity contribution in [2.24, 2.45) is 5.10 Å². The molecule has 1 aliphatic heterocycles. The predicted molar refractivity (Wildman–Crippen MR) is 36.2 cm³/mol. The van der Waals surface area contributed by atoms with Crippen LogP contribution in [0.5, 0.6) is 0 Å². The van der Waals surface area contributed by atoms with Gasteiger partial charge in [0, 0.05) is 6.08 Å². The zero-order valence-electron chi connectivity index (χ0n) is 5.31. The van der Waals surface area contributed by atoms with E-state index in [0.717, 1.165) is 5.12 Å². The summed E-state index contributed by atoms with van der Waals surface area (Å²) in [5, 5.41) is 5.00. The molecule has 0 aliphatic carbocycles. The maximum atomic E-state index is 4.08. The van der Waals surface area contributed by atoms with E-state index < -0.39 is 0 Å². The average Bonchev–Trinajstić information content (AvgIpc) is 2.59. The van der Waals surface area contributed by atoms with Crippen LogP contribution in [0.1, 0.15) is 0 Å². The third-order valence-corrected chi connectivity index (χ3v) is 1.31. The van der Waals surface area contributed by atoms with E-state index in [-0.39, 0.29) is 0 Å². The van der Waals surface area contributed by atoms with Crippen molar-refractivity contribution in [2.45, 2.75) is 0 Å². The molecule has 1 aromatic rings. The van der Waals surface area contributed by atoms with Crippen LogP contribution in [-0.4, -0.2) is 15.9 Å². The molecular weight excluding hydrogens is 128 g/mol. The van der Waals surface area contributed by atoms with E-state index in [0.29, 0.717) is 0 Å². The highest BCUT2D eigenvalue weighted by Crippen LogP contribution is 1.76. The Balaban J connectivity index is 2.29. The first-order valence-electron chi connectivity index (χ1n) is 3.03. The SMILES string of the molecule is C1=C[NH+](n2ccnc2)N=C1. The predicted octanol–water partition coefficient (Wildman–Crippen LogP) is -0.956. The molecule has 4 nitrogen and oxygen atoms in total. The molecule has 0 radical (unpaired) electrons. The first kappa shape index (κ1) is 5.37. The van der Waals surface area contributed by atoms with Gasteiger partial charge in [-0.1, -0.05) is 10.2 Å². The fraction of sp³-hybridized carbons (Fsp3) is 0. The molecule has 10 heavy (non-hydrogen) atoms. The molecule has 2 rings (SSSR count). The Morgan fingerprint density at radius 2 is 2.40 bits per heavy atom. The van der Waals surface area contributed by atoms with Crippen molar-refractivity contribution in [3.63, 3.8) is 0 Å². The second-order valence-electron chi connectivity index (χ2n) is 1.97. The third-order valence-electron chi connectivity index (χ3n) is 1.31. The van der Waals surface area contributed by atoms with Gasteiger partial charge in [-0.3, -0.25) is 0 Å². The first-order chi connectivity index (χ1) is 4.97. The van der Waals surface area contributed by atoms with Crippen molar-refractivity contribution < 1.29 is 5.12 Å². The Kier molecular flexibility index (Phi) is 1.11. The van der Waals surface area contributed by atoms with Gasteiger partial charge in [0.2, 0.25) is 0 Å². The summed E-state index contributed by atoms with van der Waals surface area (Å²) < 4.78 is 1.86. The molecule has 50 valence electrons. The summed E-state index contributed by atoms with van der Waals surface area (Å²) in [6.07, 6.45) is 10.9. The molecule has 0 amide bonds. The van der Waals surface area contributed by atoms with Crippen LogP contribution < -0.4 is 5.12 Å². The molecule has 1 N–H and O–H groups in total. The number of imidazole rings is 1. The second-order valence-corrected chi connectivity index (χ2v) is 1.97. The second kappa shape index (κ2) is 2.07. The van der Waals surface area contributed by atoms with Gasteiger partial charge in [-0.25, -0.2) is 4.98 Å². The van der Waals surface area contributed by atoms with Gasteiger partial charge >= 0.3 is 0 Å². The van der Waals surface area contributed by atoms with Gasteiger partial charge in [-0.2, -0.15) is 4.68 Å². The molecule has 2 heterocycles. The highest BCUT2D eigenvalue weighted by molar-refractivity contribution is 5.70. The average molecular weight is 135 g/mol. The largest absolute Gasteiger partial charge is 0.240 e. The van der Waals surface area contributed by atoms with Crippen molar-refractivity contribution in [1.29, 1.82) is 0 Å². The molecule has 0 fully saturated rings. The number of hydrogen-bond donors (Lipinski definition) is 1. The Bertz CT molecular complexity index is 247. The van der Waals surface area contributed by atoms with Crippen LogP contribution in [-0.2, 0) is 0 Å². The lowest BCUT2D eigenvalue weighted by Gasteiger charge is -2.01. The molecule has 1 unspecified atom stereocenters. The molecule has 4 heteroatoms. The van der Waals surface area contributed by atoms with Crippen LogP contribution in [0.2, 0.25) is 0 Å². The van der Waals surface area contributed by atoms with E-state index in [1.54, 1.807) is 18.7 Å². The first-order valence-corrected chi connectivity index (χ1v) is 3.03. The van der Waals surface area contributed by atoms with Crippen LogP contribution in [0.4, 0.5) is 0 Å². The topological polar surface area (TPSA) is 34.6 Å². The summed E-state index contributed by atoms with van der Waals surface area (Å²) in [6, 6.07) is 0. The lowest BCUT2D eigenvalue weighted by atomic mass is 10.7. The summed E-state index contributed by atoms with van der Waals surface area (Å²) in [5.74, 6) is 0. The molecule has 0 bridgehead atoms. The molecule has 0 spiro atoms. The third kappa shape index (κ3) is 0.745. The van der Waals surface area contributed by atoms with Crippen molar-refractivity contribution >= 4 is 6.21 Å². The van der Waals surface area contributed by atoms with Gasteiger partial charge in [-0.15, -0.1) is 0 Å². The van der Waals surface area contributed by atoms with Crippen LogP contribution in [0.3, 0.4) is 0 Å². The molecule has 0 saturated carbocycles. The maximum Gasteiger partial charge on any atom is 0.148 e. The number of nitrogens with zero attached hydrogens (tertiary/aromatic N) is 3.